The predicted molar refractivity (Wildman–Crippen MR) is 44.9 cm³/mol. The Bertz CT molecular complexity index is 99.8. The van der Waals surface area contributed by atoms with E-state index in [0.29, 0.717) is 0 Å². The number of aliphatic hydroxyl groups excluding tert-OH is 1. The summed E-state index contributed by atoms with van der Waals surface area (Å²) in [5, 5.41) is 9.47. The van der Waals surface area contributed by atoms with E-state index in [1.807, 2.05) is 26.8 Å². The Kier molecular flexibility index (Phi) is 3.66. The van der Waals surface area contributed by atoms with Gasteiger partial charge in [-0.3, -0.25) is 0 Å². The van der Waals surface area contributed by atoms with Gasteiger partial charge in [-0.25, -0.2) is 0 Å². The van der Waals surface area contributed by atoms with Crippen molar-refractivity contribution in [1.29, 1.82) is 0 Å². The van der Waals surface area contributed by atoms with Gasteiger partial charge in [-0.2, -0.15) is 0 Å². The number of aliphatic hydroxyl groups is 1. The predicted octanol–water partition coefficient (Wildman–Crippen LogP) is 2.36. The summed E-state index contributed by atoms with van der Waals surface area (Å²) in [4.78, 5) is 0. The molecule has 60 valence electrons. The highest BCUT2D eigenvalue weighted by Gasteiger charge is 2.20. The fourth-order valence-corrected chi connectivity index (χ4v) is 0.709. The van der Waals surface area contributed by atoms with Crippen molar-refractivity contribution < 1.29 is 5.11 Å². The molecule has 0 aliphatic carbocycles. The SMILES string of the molecule is C=CCCC(O)C(C)(C)C. The molecule has 0 aromatic rings. The van der Waals surface area contributed by atoms with Gasteiger partial charge >= 0.3 is 0 Å². The molecule has 0 spiro atoms. The number of hydrogen-bond acceptors (Lipinski definition) is 1. The van der Waals surface area contributed by atoms with Crippen molar-refractivity contribution in [1.82, 2.24) is 0 Å². The van der Waals surface area contributed by atoms with E-state index in [4.69, 9.17) is 0 Å². The summed E-state index contributed by atoms with van der Waals surface area (Å²) < 4.78 is 0. The lowest BCUT2D eigenvalue weighted by Crippen LogP contribution is -2.25. The monoisotopic (exact) mass is 142 g/mol. The molecular weight excluding hydrogens is 124 g/mol. The van der Waals surface area contributed by atoms with Crippen LogP contribution in [-0.2, 0) is 0 Å². The number of hydrogen-bond donors (Lipinski definition) is 1. The van der Waals surface area contributed by atoms with Crippen LogP contribution in [0, 0.1) is 5.41 Å². The Morgan fingerprint density at radius 3 is 2.30 bits per heavy atom. The van der Waals surface area contributed by atoms with Gasteiger partial charge < -0.3 is 5.11 Å². The van der Waals surface area contributed by atoms with Gasteiger partial charge in [-0.1, -0.05) is 26.8 Å². The first-order valence-electron chi connectivity index (χ1n) is 3.77. The van der Waals surface area contributed by atoms with Crippen LogP contribution in [0.1, 0.15) is 33.6 Å². The summed E-state index contributed by atoms with van der Waals surface area (Å²) in [6.07, 6.45) is 3.37. The Morgan fingerprint density at radius 1 is 1.50 bits per heavy atom. The van der Waals surface area contributed by atoms with E-state index in [1.165, 1.54) is 0 Å². The minimum Gasteiger partial charge on any atom is -0.393 e. The first-order valence-corrected chi connectivity index (χ1v) is 3.77. The first kappa shape index (κ1) is 9.70. The van der Waals surface area contributed by atoms with E-state index in [-0.39, 0.29) is 11.5 Å². The van der Waals surface area contributed by atoms with Crippen molar-refractivity contribution in [3.8, 4) is 0 Å². The Balaban J connectivity index is 3.61. The fraction of sp³-hybridized carbons (Fsp3) is 0.778. The summed E-state index contributed by atoms with van der Waals surface area (Å²) in [5.74, 6) is 0. The quantitative estimate of drug-likeness (QED) is 0.600. The number of rotatable bonds is 3. The van der Waals surface area contributed by atoms with Crippen LogP contribution in [0.5, 0.6) is 0 Å². The molecule has 0 amide bonds. The van der Waals surface area contributed by atoms with Gasteiger partial charge in [0, 0.05) is 0 Å². The van der Waals surface area contributed by atoms with Crippen molar-refractivity contribution in [3.05, 3.63) is 12.7 Å². The fourth-order valence-electron chi connectivity index (χ4n) is 0.709. The van der Waals surface area contributed by atoms with Gasteiger partial charge in [0.1, 0.15) is 0 Å². The normalized spacial score (nSPS) is 14.8. The summed E-state index contributed by atoms with van der Waals surface area (Å²) in [5.41, 5.74) is 0.0169. The third kappa shape index (κ3) is 3.67. The maximum atomic E-state index is 9.47. The van der Waals surface area contributed by atoms with Crippen molar-refractivity contribution in [2.75, 3.05) is 0 Å². The molecule has 0 aliphatic rings. The average Bonchev–Trinajstić information content (AvgIpc) is 1.80. The molecule has 0 bridgehead atoms. The van der Waals surface area contributed by atoms with E-state index in [9.17, 15) is 5.11 Å². The van der Waals surface area contributed by atoms with E-state index in [2.05, 4.69) is 6.58 Å². The van der Waals surface area contributed by atoms with Crippen LogP contribution in [-0.4, -0.2) is 11.2 Å². The second-order valence-electron chi connectivity index (χ2n) is 3.75. The lowest BCUT2D eigenvalue weighted by Gasteiger charge is -2.25. The lowest BCUT2D eigenvalue weighted by molar-refractivity contribution is 0.0566. The zero-order valence-corrected chi connectivity index (χ0v) is 7.22. The molecule has 1 N–H and O–H groups in total. The lowest BCUT2D eigenvalue weighted by atomic mass is 9.86. The molecule has 1 nitrogen and oxygen atoms in total. The Labute approximate surface area is 63.8 Å². The molecule has 0 heterocycles. The second kappa shape index (κ2) is 3.77. The minimum absolute atomic E-state index is 0.0169. The molecule has 0 fully saturated rings. The third-order valence-electron chi connectivity index (χ3n) is 1.64. The molecule has 0 aliphatic heterocycles. The molecule has 0 radical (unpaired) electrons. The van der Waals surface area contributed by atoms with Crippen LogP contribution in [0.2, 0.25) is 0 Å². The molecular formula is C9H18O. The molecule has 1 unspecified atom stereocenters. The van der Waals surface area contributed by atoms with Crippen molar-refractivity contribution in [2.24, 2.45) is 5.41 Å². The van der Waals surface area contributed by atoms with Gasteiger partial charge in [0.15, 0.2) is 0 Å². The zero-order valence-electron chi connectivity index (χ0n) is 7.22. The van der Waals surface area contributed by atoms with Crippen LogP contribution >= 0.6 is 0 Å². The van der Waals surface area contributed by atoms with Gasteiger partial charge in [0.25, 0.3) is 0 Å². The average molecular weight is 142 g/mol. The molecule has 0 saturated heterocycles. The maximum Gasteiger partial charge on any atom is 0.0591 e. The molecule has 1 atom stereocenters. The number of allylic oxidation sites excluding steroid dienone is 1. The van der Waals surface area contributed by atoms with Gasteiger partial charge in [0.05, 0.1) is 6.10 Å². The molecule has 0 aromatic heterocycles. The topological polar surface area (TPSA) is 20.2 Å². The van der Waals surface area contributed by atoms with Crippen LogP contribution in [0.3, 0.4) is 0 Å². The second-order valence-corrected chi connectivity index (χ2v) is 3.75. The van der Waals surface area contributed by atoms with Crippen LogP contribution < -0.4 is 0 Å². The van der Waals surface area contributed by atoms with E-state index in [0.717, 1.165) is 12.8 Å². The van der Waals surface area contributed by atoms with E-state index < -0.39 is 0 Å². The van der Waals surface area contributed by atoms with Gasteiger partial charge in [0.2, 0.25) is 0 Å². The highest BCUT2D eigenvalue weighted by molar-refractivity contribution is 4.76. The van der Waals surface area contributed by atoms with Crippen molar-refractivity contribution >= 4 is 0 Å². The smallest absolute Gasteiger partial charge is 0.0591 e. The van der Waals surface area contributed by atoms with Crippen molar-refractivity contribution in [3.63, 3.8) is 0 Å². The molecule has 0 rings (SSSR count). The molecule has 0 aromatic carbocycles. The summed E-state index contributed by atoms with van der Waals surface area (Å²) in [6.45, 7) is 9.73. The van der Waals surface area contributed by atoms with Gasteiger partial charge in [-0.15, -0.1) is 6.58 Å². The van der Waals surface area contributed by atoms with Gasteiger partial charge in [-0.05, 0) is 18.3 Å². The van der Waals surface area contributed by atoms with E-state index in [1.54, 1.807) is 0 Å². The maximum absolute atomic E-state index is 9.47. The molecule has 1 heteroatoms. The Morgan fingerprint density at radius 2 is 2.00 bits per heavy atom. The zero-order chi connectivity index (χ0) is 8.20. The van der Waals surface area contributed by atoms with Crippen molar-refractivity contribution in [2.45, 2.75) is 39.7 Å². The summed E-state index contributed by atoms with van der Waals surface area (Å²) >= 11 is 0. The highest BCUT2D eigenvalue weighted by atomic mass is 16.3. The van der Waals surface area contributed by atoms with Crippen LogP contribution in [0.25, 0.3) is 0 Å². The minimum atomic E-state index is -0.203. The van der Waals surface area contributed by atoms with Crippen LogP contribution in [0.15, 0.2) is 12.7 Å². The standard InChI is InChI=1S/C9H18O/c1-5-6-7-8(10)9(2,3)4/h5,8,10H,1,6-7H2,2-4H3. The highest BCUT2D eigenvalue weighted by Crippen LogP contribution is 2.22. The van der Waals surface area contributed by atoms with Crippen LogP contribution in [0.4, 0.5) is 0 Å². The Hall–Kier alpha value is -0.300. The summed E-state index contributed by atoms with van der Waals surface area (Å²) in [7, 11) is 0. The largest absolute Gasteiger partial charge is 0.393 e. The van der Waals surface area contributed by atoms with E-state index >= 15 is 0 Å². The molecule has 10 heavy (non-hydrogen) atoms. The first-order chi connectivity index (χ1) is 4.48. The summed E-state index contributed by atoms with van der Waals surface area (Å²) in [6, 6.07) is 0. The molecule has 0 saturated carbocycles. The third-order valence-corrected chi connectivity index (χ3v) is 1.64.